The fourth-order valence-electron chi connectivity index (χ4n) is 4.24. The fourth-order valence-corrected chi connectivity index (χ4v) is 4.24. The van der Waals surface area contributed by atoms with Crippen molar-refractivity contribution in [2.75, 3.05) is 0 Å². The predicted molar refractivity (Wildman–Crippen MR) is 137 cm³/mol. The lowest BCUT2D eigenvalue weighted by Crippen LogP contribution is -2.36. The molecule has 2 aromatic carbocycles. The summed E-state index contributed by atoms with van der Waals surface area (Å²) in [6.45, 7) is 2.26. The first-order valence-electron chi connectivity index (χ1n) is 12.9. The van der Waals surface area contributed by atoms with Crippen LogP contribution in [0, 0.1) is 0 Å². The van der Waals surface area contributed by atoms with E-state index in [2.05, 4.69) is 12.2 Å². The molecule has 0 aliphatic heterocycles. The first-order chi connectivity index (χ1) is 16.1. The van der Waals surface area contributed by atoms with Crippen molar-refractivity contribution in [1.82, 2.24) is 5.32 Å². The van der Waals surface area contributed by atoms with Crippen molar-refractivity contribution in [3.8, 4) is 11.5 Å². The van der Waals surface area contributed by atoms with E-state index in [1.807, 2.05) is 24.3 Å². The molecular weight excluding hydrogens is 410 g/mol. The number of carbonyl (C=O) groups is 1. The van der Waals surface area contributed by atoms with Crippen molar-refractivity contribution in [1.29, 1.82) is 0 Å². The molecule has 0 radical (unpaired) electrons. The maximum atomic E-state index is 12.6. The van der Waals surface area contributed by atoms with Gasteiger partial charge in [0.05, 0.1) is 0 Å². The molecule has 1 unspecified atom stereocenters. The fraction of sp³-hybridized carbons (Fsp3) is 0.552. The summed E-state index contributed by atoms with van der Waals surface area (Å²) in [5.41, 5.74) is 2.18. The quantitative estimate of drug-likeness (QED) is 0.224. The van der Waals surface area contributed by atoms with Crippen LogP contribution < -0.4 is 5.32 Å². The van der Waals surface area contributed by atoms with Crippen LogP contribution in [0.5, 0.6) is 11.5 Å². The molecule has 0 aromatic heterocycles. The topological polar surface area (TPSA) is 69.6 Å². The van der Waals surface area contributed by atoms with E-state index in [9.17, 15) is 15.0 Å². The number of phenolic OH excluding ortho intramolecular Hbond substituents is 2. The van der Waals surface area contributed by atoms with Crippen LogP contribution in [0.15, 0.2) is 48.5 Å². The van der Waals surface area contributed by atoms with Crippen molar-refractivity contribution >= 4 is 5.91 Å². The zero-order chi connectivity index (χ0) is 23.7. The Bertz CT molecular complexity index is 770. The highest BCUT2D eigenvalue weighted by Gasteiger charge is 2.13. The molecule has 1 atom stereocenters. The third kappa shape index (κ3) is 12.4. The largest absolute Gasteiger partial charge is 0.508 e. The van der Waals surface area contributed by atoms with Gasteiger partial charge in [0.25, 0.3) is 0 Å². The minimum Gasteiger partial charge on any atom is -0.508 e. The second kappa shape index (κ2) is 16.2. The average molecular weight is 454 g/mol. The van der Waals surface area contributed by atoms with Gasteiger partial charge in [-0.3, -0.25) is 4.79 Å². The van der Waals surface area contributed by atoms with Crippen LogP contribution >= 0.6 is 0 Å². The summed E-state index contributed by atoms with van der Waals surface area (Å²) in [6.07, 6.45) is 15.9. The number of rotatable bonds is 17. The Morgan fingerprint density at radius 3 is 1.76 bits per heavy atom. The monoisotopic (exact) mass is 453 g/mol. The number of benzene rings is 2. The van der Waals surface area contributed by atoms with Crippen molar-refractivity contribution in [2.24, 2.45) is 0 Å². The highest BCUT2D eigenvalue weighted by molar-refractivity contribution is 5.76. The third-order valence-corrected chi connectivity index (χ3v) is 6.27. The Kier molecular flexibility index (Phi) is 13.1. The first-order valence-corrected chi connectivity index (χ1v) is 12.9. The highest BCUT2D eigenvalue weighted by atomic mass is 16.3. The molecule has 1 amide bonds. The Hall–Kier alpha value is -2.49. The molecule has 33 heavy (non-hydrogen) atoms. The standard InChI is InChI=1S/C29H43NO3/c1-2-3-4-5-6-7-8-9-10-11-12-26(23-25-15-20-28(32)21-16-25)30-29(33)22-17-24-13-18-27(31)19-14-24/h13-16,18-21,26,31-32H,2-12,17,22-23H2,1H3,(H,30,33). The number of hydrogen-bond donors (Lipinski definition) is 3. The van der Waals surface area contributed by atoms with Gasteiger partial charge >= 0.3 is 0 Å². The van der Waals surface area contributed by atoms with E-state index in [4.69, 9.17) is 0 Å². The molecule has 4 nitrogen and oxygen atoms in total. The van der Waals surface area contributed by atoms with E-state index in [0.29, 0.717) is 12.8 Å². The number of unbranched alkanes of at least 4 members (excludes halogenated alkanes) is 9. The maximum absolute atomic E-state index is 12.6. The van der Waals surface area contributed by atoms with Crippen LogP contribution in [-0.4, -0.2) is 22.2 Å². The molecule has 4 heteroatoms. The van der Waals surface area contributed by atoms with Gasteiger partial charge in [-0.05, 0) is 54.7 Å². The molecule has 0 aliphatic carbocycles. The van der Waals surface area contributed by atoms with Gasteiger partial charge in [-0.1, -0.05) is 95.4 Å². The Morgan fingerprint density at radius 2 is 1.21 bits per heavy atom. The van der Waals surface area contributed by atoms with Crippen LogP contribution in [0.25, 0.3) is 0 Å². The summed E-state index contributed by atoms with van der Waals surface area (Å²) >= 11 is 0. The van der Waals surface area contributed by atoms with Crippen molar-refractivity contribution in [2.45, 2.75) is 103 Å². The van der Waals surface area contributed by atoms with Crippen molar-refractivity contribution in [3.63, 3.8) is 0 Å². The number of carbonyl (C=O) groups excluding carboxylic acids is 1. The number of amides is 1. The summed E-state index contributed by atoms with van der Waals surface area (Å²) in [5.74, 6) is 0.579. The van der Waals surface area contributed by atoms with Gasteiger partial charge in [-0.2, -0.15) is 0 Å². The van der Waals surface area contributed by atoms with Crippen LogP contribution in [0.1, 0.15) is 95.1 Å². The van der Waals surface area contributed by atoms with Gasteiger partial charge in [0, 0.05) is 12.5 Å². The Morgan fingerprint density at radius 1 is 0.727 bits per heavy atom. The summed E-state index contributed by atoms with van der Waals surface area (Å²) in [5, 5.41) is 22.2. The van der Waals surface area contributed by atoms with Gasteiger partial charge in [0.2, 0.25) is 5.91 Å². The lowest BCUT2D eigenvalue weighted by molar-refractivity contribution is -0.121. The zero-order valence-corrected chi connectivity index (χ0v) is 20.4. The molecule has 2 rings (SSSR count). The Labute approximate surface area is 200 Å². The van der Waals surface area contributed by atoms with Gasteiger partial charge < -0.3 is 15.5 Å². The van der Waals surface area contributed by atoms with E-state index >= 15 is 0 Å². The van der Waals surface area contributed by atoms with E-state index in [0.717, 1.165) is 30.4 Å². The molecule has 2 aromatic rings. The van der Waals surface area contributed by atoms with Gasteiger partial charge in [-0.15, -0.1) is 0 Å². The molecule has 0 saturated carbocycles. The second-order valence-corrected chi connectivity index (χ2v) is 9.27. The third-order valence-electron chi connectivity index (χ3n) is 6.27. The number of hydrogen-bond acceptors (Lipinski definition) is 3. The van der Waals surface area contributed by atoms with E-state index in [-0.39, 0.29) is 23.4 Å². The Balaban J connectivity index is 1.73. The SMILES string of the molecule is CCCCCCCCCCCCC(Cc1ccc(O)cc1)NC(=O)CCc1ccc(O)cc1. The molecular formula is C29H43NO3. The average Bonchev–Trinajstić information content (AvgIpc) is 2.81. The summed E-state index contributed by atoms with van der Waals surface area (Å²) < 4.78 is 0. The lowest BCUT2D eigenvalue weighted by atomic mass is 9.98. The minimum atomic E-state index is 0.0685. The molecule has 0 saturated heterocycles. The second-order valence-electron chi connectivity index (χ2n) is 9.27. The van der Waals surface area contributed by atoms with Crippen LogP contribution in [0.3, 0.4) is 0 Å². The van der Waals surface area contributed by atoms with Gasteiger partial charge in [-0.25, -0.2) is 0 Å². The van der Waals surface area contributed by atoms with Crippen LogP contribution in [0.4, 0.5) is 0 Å². The van der Waals surface area contributed by atoms with E-state index in [1.54, 1.807) is 24.3 Å². The minimum absolute atomic E-state index is 0.0685. The normalized spacial score (nSPS) is 11.9. The molecule has 182 valence electrons. The number of aryl methyl sites for hydroxylation is 1. The zero-order valence-electron chi connectivity index (χ0n) is 20.4. The van der Waals surface area contributed by atoms with Gasteiger partial charge in [0.15, 0.2) is 0 Å². The van der Waals surface area contributed by atoms with Crippen molar-refractivity contribution < 1.29 is 15.0 Å². The van der Waals surface area contributed by atoms with Gasteiger partial charge in [0.1, 0.15) is 11.5 Å². The molecule has 0 fully saturated rings. The number of nitrogens with one attached hydrogen (secondary N) is 1. The smallest absolute Gasteiger partial charge is 0.220 e. The molecule has 0 spiro atoms. The van der Waals surface area contributed by atoms with Crippen molar-refractivity contribution in [3.05, 3.63) is 59.7 Å². The first kappa shape index (κ1) is 26.8. The summed E-state index contributed by atoms with van der Waals surface area (Å²) in [6, 6.07) is 14.4. The molecule has 3 N–H and O–H groups in total. The highest BCUT2D eigenvalue weighted by Crippen LogP contribution is 2.16. The van der Waals surface area contributed by atoms with E-state index < -0.39 is 0 Å². The maximum Gasteiger partial charge on any atom is 0.220 e. The van der Waals surface area contributed by atoms with Crippen LogP contribution in [0.2, 0.25) is 0 Å². The summed E-state index contributed by atoms with van der Waals surface area (Å²) in [7, 11) is 0. The van der Waals surface area contributed by atoms with Crippen LogP contribution in [-0.2, 0) is 17.6 Å². The number of aromatic hydroxyl groups is 2. The number of phenols is 2. The predicted octanol–water partition coefficient (Wildman–Crippen LogP) is 7.07. The summed E-state index contributed by atoms with van der Waals surface area (Å²) in [4.78, 5) is 12.6. The molecule has 0 bridgehead atoms. The molecule has 0 aliphatic rings. The molecule has 0 heterocycles. The lowest BCUT2D eigenvalue weighted by Gasteiger charge is -2.19. The van der Waals surface area contributed by atoms with E-state index in [1.165, 1.54) is 57.8 Å².